The standard InChI is InChI=1S/C13H20N4/c1-8-15-11(14-2)7-12(16-8)17-13(9-3-4-9)10-5-6-10/h7,9-10,13H,3-6H2,1-2H3,(H2,14,15,16,17). The summed E-state index contributed by atoms with van der Waals surface area (Å²) in [5.41, 5.74) is 0. The van der Waals surface area contributed by atoms with Gasteiger partial charge in [-0.3, -0.25) is 0 Å². The van der Waals surface area contributed by atoms with E-state index in [0.717, 1.165) is 29.3 Å². The number of hydrogen-bond donors (Lipinski definition) is 2. The van der Waals surface area contributed by atoms with Crippen molar-refractivity contribution in [2.45, 2.75) is 38.6 Å². The summed E-state index contributed by atoms with van der Waals surface area (Å²) >= 11 is 0. The van der Waals surface area contributed by atoms with E-state index in [4.69, 9.17) is 0 Å². The van der Waals surface area contributed by atoms with Crippen LogP contribution in [0.5, 0.6) is 0 Å². The Kier molecular flexibility index (Phi) is 2.65. The van der Waals surface area contributed by atoms with Crippen LogP contribution in [-0.4, -0.2) is 23.1 Å². The van der Waals surface area contributed by atoms with E-state index in [9.17, 15) is 0 Å². The second kappa shape index (κ2) is 4.17. The van der Waals surface area contributed by atoms with Gasteiger partial charge in [0, 0.05) is 19.2 Å². The van der Waals surface area contributed by atoms with Gasteiger partial charge in [-0.05, 0) is 44.4 Å². The van der Waals surface area contributed by atoms with Gasteiger partial charge in [-0.25, -0.2) is 9.97 Å². The number of nitrogens with one attached hydrogen (secondary N) is 2. The van der Waals surface area contributed by atoms with Crippen molar-refractivity contribution in [2.75, 3.05) is 17.7 Å². The minimum Gasteiger partial charge on any atom is -0.373 e. The number of rotatable bonds is 5. The average molecular weight is 232 g/mol. The summed E-state index contributed by atoms with van der Waals surface area (Å²) in [5.74, 6) is 4.47. The van der Waals surface area contributed by atoms with Crippen LogP contribution in [0.15, 0.2) is 6.07 Å². The number of aromatic nitrogens is 2. The van der Waals surface area contributed by atoms with Gasteiger partial charge < -0.3 is 10.6 Å². The van der Waals surface area contributed by atoms with E-state index in [1.54, 1.807) is 0 Å². The van der Waals surface area contributed by atoms with Gasteiger partial charge in [0.2, 0.25) is 0 Å². The summed E-state index contributed by atoms with van der Waals surface area (Å²) < 4.78 is 0. The number of aryl methyl sites for hydroxylation is 1. The summed E-state index contributed by atoms with van der Waals surface area (Å²) in [6.45, 7) is 1.94. The molecule has 1 aromatic heterocycles. The first-order chi connectivity index (χ1) is 8.26. The Labute approximate surface area is 102 Å². The van der Waals surface area contributed by atoms with Crippen LogP contribution in [-0.2, 0) is 0 Å². The van der Waals surface area contributed by atoms with Crippen molar-refractivity contribution in [3.63, 3.8) is 0 Å². The SMILES string of the molecule is CNc1cc(NC(C2CC2)C2CC2)nc(C)n1. The Balaban J connectivity index is 1.76. The molecule has 0 amide bonds. The molecule has 0 saturated heterocycles. The second-order valence-corrected chi connectivity index (χ2v) is 5.28. The second-order valence-electron chi connectivity index (χ2n) is 5.28. The summed E-state index contributed by atoms with van der Waals surface area (Å²) in [4.78, 5) is 8.80. The van der Waals surface area contributed by atoms with Crippen LogP contribution in [0.4, 0.5) is 11.6 Å². The van der Waals surface area contributed by atoms with Crippen LogP contribution < -0.4 is 10.6 Å². The normalized spacial score (nSPS) is 19.5. The molecule has 0 bridgehead atoms. The van der Waals surface area contributed by atoms with Gasteiger partial charge >= 0.3 is 0 Å². The molecule has 0 aromatic carbocycles. The van der Waals surface area contributed by atoms with Crippen LogP contribution in [0.25, 0.3) is 0 Å². The predicted molar refractivity (Wildman–Crippen MR) is 69.2 cm³/mol. The van der Waals surface area contributed by atoms with Gasteiger partial charge in [-0.15, -0.1) is 0 Å². The van der Waals surface area contributed by atoms with Crippen LogP contribution in [0.2, 0.25) is 0 Å². The summed E-state index contributed by atoms with van der Waals surface area (Å²) in [7, 11) is 1.89. The highest BCUT2D eigenvalue weighted by atomic mass is 15.1. The van der Waals surface area contributed by atoms with E-state index in [0.29, 0.717) is 6.04 Å². The van der Waals surface area contributed by atoms with Crippen molar-refractivity contribution in [1.29, 1.82) is 0 Å². The summed E-state index contributed by atoms with van der Waals surface area (Å²) in [5, 5.41) is 6.71. The van der Waals surface area contributed by atoms with Crippen molar-refractivity contribution in [2.24, 2.45) is 11.8 Å². The molecule has 4 heteroatoms. The molecule has 2 fully saturated rings. The molecule has 1 aromatic rings. The Hall–Kier alpha value is -1.32. The van der Waals surface area contributed by atoms with Crippen molar-refractivity contribution < 1.29 is 0 Å². The molecule has 0 spiro atoms. The van der Waals surface area contributed by atoms with Crippen LogP contribution in [0, 0.1) is 18.8 Å². The maximum atomic E-state index is 4.48. The lowest BCUT2D eigenvalue weighted by Crippen LogP contribution is -2.25. The number of nitrogens with zero attached hydrogens (tertiary/aromatic N) is 2. The molecular weight excluding hydrogens is 212 g/mol. The lowest BCUT2D eigenvalue weighted by Gasteiger charge is -2.18. The zero-order valence-electron chi connectivity index (χ0n) is 10.5. The maximum absolute atomic E-state index is 4.48. The number of anilines is 2. The maximum Gasteiger partial charge on any atom is 0.132 e. The monoisotopic (exact) mass is 232 g/mol. The average Bonchev–Trinajstić information content (AvgIpc) is 3.16. The third-order valence-electron chi connectivity index (χ3n) is 3.67. The van der Waals surface area contributed by atoms with Gasteiger partial charge in [0.15, 0.2) is 0 Å². The van der Waals surface area contributed by atoms with Crippen LogP contribution >= 0.6 is 0 Å². The third-order valence-corrected chi connectivity index (χ3v) is 3.67. The lowest BCUT2D eigenvalue weighted by atomic mass is 10.1. The number of hydrogen-bond acceptors (Lipinski definition) is 4. The molecule has 2 N–H and O–H groups in total. The minimum atomic E-state index is 0.647. The smallest absolute Gasteiger partial charge is 0.132 e. The molecule has 0 unspecified atom stereocenters. The summed E-state index contributed by atoms with van der Waals surface area (Å²) in [6, 6.07) is 2.65. The molecule has 4 nitrogen and oxygen atoms in total. The van der Waals surface area contributed by atoms with E-state index in [-0.39, 0.29) is 0 Å². The molecule has 2 aliphatic rings. The van der Waals surface area contributed by atoms with Crippen LogP contribution in [0.1, 0.15) is 31.5 Å². The fourth-order valence-electron chi connectivity index (χ4n) is 2.47. The van der Waals surface area contributed by atoms with E-state index in [1.165, 1.54) is 25.7 Å². The molecule has 0 radical (unpaired) electrons. The first kappa shape index (κ1) is 10.8. The van der Waals surface area contributed by atoms with E-state index in [2.05, 4.69) is 20.6 Å². The predicted octanol–water partition coefficient (Wildman–Crippen LogP) is 2.43. The molecule has 3 rings (SSSR count). The quantitative estimate of drug-likeness (QED) is 0.818. The highest BCUT2D eigenvalue weighted by Gasteiger charge is 2.41. The van der Waals surface area contributed by atoms with Gasteiger partial charge in [0.1, 0.15) is 17.5 Å². The van der Waals surface area contributed by atoms with Crippen molar-refractivity contribution >= 4 is 11.6 Å². The van der Waals surface area contributed by atoms with Gasteiger partial charge in [0.25, 0.3) is 0 Å². The fourth-order valence-corrected chi connectivity index (χ4v) is 2.47. The van der Waals surface area contributed by atoms with E-state index in [1.807, 2.05) is 20.0 Å². The van der Waals surface area contributed by atoms with Crippen LogP contribution in [0.3, 0.4) is 0 Å². The highest BCUT2D eigenvalue weighted by Crippen LogP contribution is 2.45. The first-order valence-corrected chi connectivity index (χ1v) is 6.56. The highest BCUT2D eigenvalue weighted by molar-refractivity contribution is 5.48. The van der Waals surface area contributed by atoms with Crippen molar-refractivity contribution in [1.82, 2.24) is 9.97 Å². The Morgan fingerprint density at radius 2 is 1.71 bits per heavy atom. The molecule has 0 aliphatic heterocycles. The van der Waals surface area contributed by atoms with Crippen molar-refractivity contribution in [3.05, 3.63) is 11.9 Å². The molecule has 1 heterocycles. The molecule has 2 saturated carbocycles. The largest absolute Gasteiger partial charge is 0.373 e. The molecule has 0 atom stereocenters. The third kappa shape index (κ3) is 2.51. The molecular formula is C13H20N4. The summed E-state index contributed by atoms with van der Waals surface area (Å²) in [6.07, 6.45) is 5.54. The zero-order chi connectivity index (χ0) is 11.8. The Morgan fingerprint density at radius 3 is 2.24 bits per heavy atom. The Bertz CT molecular complexity index is 398. The molecule has 17 heavy (non-hydrogen) atoms. The first-order valence-electron chi connectivity index (χ1n) is 6.56. The molecule has 92 valence electrons. The molecule has 2 aliphatic carbocycles. The topological polar surface area (TPSA) is 49.8 Å². The minimum absolute atomic E-state index is 0.647. The van der Waals surface area contributed by atoms with Gasteiger partial charge in [-0.1, -0.05) is 0 Å². The van der Waals surface area contributed by atoms with E-state index >= 15 is 0 Å². The Morgan fingerprint density at radius 1 is 1.12 bits per heavy atom. The van der Waals surface area contributed by atoms with Gasteiger partial charge in [-0.2, -0.15) is 0 Å². The fraction of sp³-hybridized carbons (Fsp3) is 0.692. The van der Waals surface area contributed by atoms with E-state index < -0.39 is 0 Å². The van der Waals surface area contributed by atoms with Crippen molar-refractivity contribution in [3.8, 4) is 0 Å². The lowest BCUT2D eigenvalue weighted by molar-refractivity contribution is 0.565. The van der Waals surface area contributed by atoms with Gasteiger partial charge in [0.05, 0.1) is 0 Å². The zero-order valence-corrected chi connectivity index (χ0v) is 10.5.